The lowest BCUT2D eigenvalue weighted by Gasteiger charge is -2.51. The highest BCUT2D eigenvalue weighted by Crippen LogP contribution is 2.42. The smallest absolute Gasteiger partial charge is 0.0705 e. The highest BCUT2D eigenvalue weighted by molar-refractivity contribution is 5.01. The summed E-state index contributed by atoms with van der Waals surface area (Å²) < 4.78 is 5.66. The zero-order valence-corrected chi connectivity index (χ0v) is 10.7. The van der Waals surface area contributed by atoms with Gasteiger partial charge < -0.3 is 9.57 Å². The highest BCUT2D eigenvalue weighted by Gasteiger charge is 2.49. The Labute approximate surface area is 93.5 Å². The molecule has 0 spiro atoms. The van der Waals surface area contributed by atoms with E-state index in [0.29, 0.717) is 18.1 Å². The molecule has 1 aliphatic carbocycles. The van der Waals surface area contributed by atoms with Gasteiger partial charge in [-0.3, -0.25) is 0 Å². The lowest BCUT2D eigenvalue weighted by atomic mass is 9.65. The summed E-state index contributed by atoms with van der Waals surface area (Å²) in [6.07, 6.45) is 1.43. The SMILES string of the molecule is CCOC1CC(NOCC(C)C)C1(C)C. The molecule has 15 heavy (non-hydrogen) atoms. The third-order valence-corrected chi connectivity index (χ3v) is 3.19. The van der Waals surface area contributed by atoms with E-state index in [4.69, 9.17) is 9.57 Å². The first-order valence-electron chi connectivity index (χ1n) is 5.97. The van der Waals surface area contributed by atoms with E-state index in [-0.39, 0.29) is 5.41 Å². The van der Waals surface area contributed by atoms with Crippen molar-refractivity contribution in [1.29, 1.82) is 0 Å². The van der Waals surface area contributed by atoms with E-state index in [9.17, 15) is 0 Å². The average Bonchev–Trinajstić information content (AvgIpc) is 2.15. The molecule has 0 aromatic rings. The van der Waals surface area contributed by atoms with Gasteiger partial charge in [-0.2, -0.15) is 5.48 Å². The number of nitrogens with one attached hydrogen (secondary N) is 1. The number of hydroxylamine groups is 1. The first kappa shape index (κ1) is 12.9. The molecular formula is C12H25NO2. The highest BCUT2D eigenvalue weighted by atomic mass is 16.6. The monoisotopic (exact) mass is 215 g/mol. The van der Waals surface area contributed by atoms with Crippen molar-refractivity contribution in [1.82, 2.24) is 5.48 Å². The fourth-order valence-corrected chi connectivity index (χ4v) is 1.88. The Morgan fingerprint density at radius 2 is 2.07 bits per heavy atom. The minimum absolute atomic E-state index is 0.187. The molecule has 0 amide bonds. The molecule has 3 nitrogen and oxygen atoms in total. The van der Waals surface area contributed by atoms with Gasteiger partial charge in [-0.1, -0.05) is 27.7 Å². The van der Waals surface area contributed by atoms with Gasteiger partial charge in [0.25, 0.3) is 0 Å². The Bertz CT molecular complexity index is 192. The molecule has 90 valence electrons. The zero-order valence-electron chi connectivity index (χ0n) is 10.7. The first-order valence-corrected chi connectivity index (χ1v) is 5.97. The van der Waals surface area contributed by atoms with Crippen molar-refractivity contribution >= 4 is 0 Å². The Morgan fingerprint density at radius 1 is 1.40 bits per heavy atom. The van der Waals surface area contributed by atoms with Gasteiger partial charge in [0.2, 0.25) is 0 Å². The van der Waals surface area contributed by atoms with Gasteiger partial charge in [0.1, 0.15) is 0 Å². The van der Waals surface area contributed by atoms with Gasteiger partial charge in [0.05, 0.1) is 12.7 Å². The van der Waals surface area contributed by atoms with Crippen LogP contribution >= 0.6 is 0 Å². The van der Waals surface area contributed by atoms with E-state index in [0.717, 1.165) is 19.6 Å². The van der Waals surface area contributed by atoms with Crippen LogP contribution in [0.1, 0.15) is 41.0 Å². The van der Waals surface area contributed by atoms with E-state index in [1.54, 1.807) is 0 Å². The molecule has 0 radical (unpaired) electrons. The summed E-state index contributed by atoms with van der Waals surface area (Å²) in [6, 6.07) is 0.424. The maximum absolute atomic E-state index is 5.66. The molecule has 1 N–H and O–H groups in total. The van der Waals surface area contributed by atoms with E-state index >= 15 is 0 Å². The molecule has 1 rings (SSSR count). The van der Waals surface area contributed by atoms with Crippen molar-refractivity contribution in [3.8, 4) is 0 Å². The molecule has 1 saturated carbocycles. The van der Waals surface area contributed by atoms with E-state index in [2.05, 4.69) is 33.2 Å². The first-order chi connectivity index (χ1) is 6.98. The van der Waals surface area contributed by atoms with Crippen LogP contribution in [0.3, 0.4) is 0 Å². The van der Waals surface area contributed by atoms with Crippen LogP contribution in [0.5, 0.6) is 0 Å². The summed E-state index contributed by atoms with van der Waals surface area (Å²) in [7, 11) is 0. The molecule has 0 aliphatic heterocycles. The zero-order chi connectivity index (χ0) is 11.5. The predicted molar refractivity (Wildman–Crippen MR) is 61.5 cm³/mol. The van der Waals surface area contributed by atoms with Crippen molar-refractivity contribution in [2.24, 2.45) is 11.3 Å². The normalized spacial score (nSPS) is 29.2. The van der Waals surface area contributed by atoms with Crippen LogP contribution in [-0.4, -0.2) is 25.4 Å². The summed E-state index contributed by atoms with van der Waals surface area (Å²) in [6.45, 7) is 12.4. The Kier molecular flexibility index (Phi) is 4.56. The van der Waals surface area contributed by atoms with E-state index in [1.165, 1.54) is 0 Å². The topological polar surface area (TPSA) is 30.5 Å². The second kappa shape index (κ2) is 5.28. The van der Waals surface area contributed by atoms with E-state index < -0.39 is 0 Å². The van der Waals surface area contributed by atoms with Gasteiger partial charge in [-0.05, 0) is 19.3 Å². The number of ether oxygens (including phenoxy) is 1. The number of hydrogen-bond acceptors (Lipinski definition) is 3. The molecule has 0 heterocycles. The molecule has 2 unspecified atom stereocenters. The largest absolute Gasteiger partial charge is 0.378 e. The minimum Gasteiger partial charge on any atom is -0.378 e. The summed E-state index contributed by atoms with van der Waals surface area (Å²) >= 11 is 0. The molecule has 0 bridgehead atoms. The van der Waals surface area contributed by atoms with Gasteiger partial charge in [-0.25, -0.2) is 0 Å². The van der Waals surface area contributed by atoms with Crippen LogP contribution in [0.2, 0.25) is 0 Å². The molecule has 0 aromatic heterocycles. The molecular weight excluding hydrogens is 190 g/mol. The summed E-state index contributed by atoms with van der Waals surface area (Å²) in [5.41, 5.74) is 3.34. The summed E-state index contributed by atoms with van der Waals surface area (Å²) in [5.74, 6) is 0.573. The van der Waals surface area contributed by atoms with Gasteiger partial charge in [-0.15, -0.1) is 0 Å². The van der Waals surface area contributed by atoms with Crippen LogP contribution in [0.4, 0.5) is 0 Å². The van der Waals surface area contributed by atoms with E-state index in [1.807, 2.05) is 6.92 Å². The molecule has 0 aromatic carbocycles. The van der Waals surface area contributed by atoms with Crippen molar-refractivity contribution in [2.45, 2.75) is 53.2 Å². The molecule has 2 atom stereocenters. The predicted octanol–water partition coefficient (Wildman–Crippen LogP) is 2.37. The van der Waals surface area contributed by atoms with Gasteiger partial charge >= 0.3 is 0 Å². The Morgan fingerprint density at radius 3 is 2.53 bits per heavy atom. The maximum atomic E-state index is 5.66. The second-order valence-corrected chi connectivity index (χ2v) is 5.38. The lowest BCUT2D eigenvalue weighted by molar-refractivity contribution is -0.157. The van der Waals surface area contributed by atoms with Crippen LogP contribution in [0.15, 0.2) is 0 Å². The standard InChI is InChI=1S/C12H25NO2/c1-6-14-11-7-10(12(11,4)5)13-15-8-9(2)3/h9-11,13H,6-8H2,1-5H3. The van der Waals surface area contributed by atoms with Crippen LogP contribution in [0.25, 0.3) is 0 Å². The van der Waals surface area contributed by atoms with Crippen LogP contribution in [0, 0.1) is 11.3 Å². The quantitative estimate of drug-likeness (QED) is 0.690. The Balaban J connectivity index is 2.23. The third kappa shape index (κ3) is 3.16. The third-order valence-electron chi connectivity index (χ3n) is 3.19. The molecule has 3 heteroatoms. The molecule has 1 aliphatic rings. The summed E-state index contributed by atoms with van der Waals surface area (Å²) in [4.78, 5) is 5.46. The molecule has 0 saturated heterocycles. The second-order valence-electron chi connectivity index (χ2n) is 5.38. The maximum Gasteiger partial charge on any atom is 0.0705 e. The molecule has 1 fully saturated rings. The number of rotatable bonds is 6. The minimum atomic E-state index is 0.187. The van der Waals surface area contributed by atoms with Crippen molar-refractivity contribution < 1.29 is 9.57 Å². The lowest BCUT2D eigenvalue weighted by Crippen LogP contribution is -2.60. The van der Waals surface area contributed by atoms with Gasteiger partial charge in [0.15, 0.2) is 0 Å². The average molecular weight is 215 g/mol. The van der Waals surface area contributed by atoms with Crippen molar-refractivity contribution in [3.05, 3.63) is 0 Å². The van der Waals surface area contributed by atoms with Crippen LogP contribution < -0.4 is 5.48 Å². The fraction of sp³-hybridized carbons (Fsp3) is 1.00. The van der Waals surface area contributed by atoms with Crippen molar-refractivity contribution in [3.63, 3.8) is 0 Å². The summed E-state index contributed by atoms with van der Waals surface area (Å²) in [5, 5.41) is 0. The van der Waals surface area contributed by atoms with Crippen LogP contribution in [-0.2, 0) is 9.57 Å². The van der Waals surface area contributed by atoms with Crippen molar-refractivity contribution in [2.75, 3.05) is 13.2 Å². The van der Waals surface area contributed by atoms with Gasteiger partial charge in [0, 0.05) is 18.1 Å². The number of hydrogen-bond donors (Lipinski definition) is 1. The Hall–Kier alpha value is -0.120. The fourth-order valence-electron chi connectivity index (χ4n) is 1.88.